The van der Waals surface area contributed by atoms with Crippen LogP contribution in [0.2, 0.25) is 0 Å². The molecule has 2 N–H and O–H groups in total. The average Bonchev–Trinajstić information content (AvgIpc) is 2.28. The molecule has 0 spiro atoms. The molecular weight excluding hydrogens is 223 g/mol. The Kier molecular flexibility index (Phi) is 4.63. The smallest absolute Gasteiger partial charge is 0.313 e. The second kappa shape index (κ2) is 5.98. The van der Waals surface area contributed by atoms with Crippen LogP contribution in [0.25, 0.3) is 0 Å². The van der Waals surface area contributed by atoms with Gasteiger partial charge < -0.3 is 10.6 Å². The van der Waals surface area contributed by atoms with Gasteiger partial charge in [-0.3, -0.25) is 9.59 Å². The topological polar surface area (TPSA) is 58.2 Å². The Labute approximate surface area is 99.2 Å². The molecule has 2 amide bonds. The minimum Gasteiger partial charge on any atom is -0.345 e. The molecule has 0 fully saturated rings. The standard InChI is InChI=1S/C12H15FN2O2/c1-3-8(2)14-11(16)12(17)15-10-6-4-5-9(13)7-10/h4-8H,3H2,1-2H3,(H,14,16)(H,15,17). The van der Waals surface area contributed by atoms with Crippen LogP contribution >= 0.6 is 0 Å². The Balaban J connectivity index is 2.57. The zero-order chi connectivity index (χ0) is 12.8. The van der Waals surface area contributed by atoms with Gasteiger partial charge in [-0.25, -0.2) is 4.39 Å². The van der Waals surface area contributed by atoms with E-state index in [0.717, 1.165) is 12.5 Å². The number of halogens is 1. The van der Waals surface area contributed by atoms with Gasteiger partial charge in [-0.1, -0.05) is 13.0 Å². The summed E-state index contributed by atoms with van der Waals surface area (Å²) in [7, 11) is 0. The number of anilines is 1. The zero-order valence-corrected chi connectivity index (χ0v) is 9.79. The second-order valence-corrected chi connectivity index (χ2v) is 3.75. The van der Waals surface area contributed by atoms with Crippen molar-refractivity contribution in [3.8, 4) is 0 Å². The Morgan fingerprint density at radius 2 is 2.06 bits per heavy atom. The lowest BCUT2D eigenvalue weighted by Crippen LogP contribution is -2.40. The highest BCUT2D eigenvalue weighted by molar-refractivity contribution is 6.39. The fourth-order valence-electron chi connectivity index (χ4n) is 1.15. The molecule has 0 saturated heterocycles. The highest BCUT2D eigenvalue weighted by Gasteiger charge is 2.15. The minimum absolute atomic E-state index is 0.0687. The molecular formula is C12H15FN2O2. The van der Waals surface area contributed by atoms with Crippen LogP contribution < -0.4 is 10.6 Å². The summed E-state index contributed by atoms with van der Waals surface area (Å²) in [5.74, 6) is -1.98. The van der Waals surface area contributed by atoms with Crippen LogP contribution in [0.5, 0.6) is 0 Å². The van der Waals surface area contributed by atoms with E-state index in [-0.39, 0.29) is 11.7 Å². The summed E-state index contributed by atoms with van der Waals surface area (Å²) in [6, 6.07) is 5.30. The number of hydrogen-bond acceptors (Lipinski definition) is 2. The van der Waals surface area contributed by atoms with Crippen molar-refractivity contribution in [3.63, 3.8) is 0 Å². The lowest BCUT2D eigenvalue weighted by atomic mass is 10.2. The molecule has 0 aliphatic heterocycles. The summed E-state index contributed by atoms with van der Waals surface area (Å²) in [6.07, 6.45) is 0.735. The fraction of sp³-hybridized carbons (Fsp3) is 0.333. The predicted molar refractivity (Wildman–Crippen MR) is 62.9 cm³/mol. The van der Waals surface area contributed by atoms with Crippen molar-refractivity contribution >= 4 is 17.5 Å². The van der Waals surface area contributed by atoms with Crippen molar-refractivity contribution in [2.45, 2.75) is 26.3 Å². The normalized spacial score (nSPS) is 11.7. The van der Waals surface area contributed by atoms with Crippen LogP contribution in [0.15, 0.2) is 24.3 Å². The van der Waals surface area contributed by atoms with Gasteiger partial charge in [0.05, 0.1) is 0 Å². The molecule has 1 aromatic rings. The van der Waals surface area contributed by atoms with Gasteiger partial charge in [-0.2, -0.15) is 0 Å². The van der Waals surface area contributed by atoms with Crippen LogP contribution in [0.3, 0.4) is 0 Å². The molecule has 0 aliphatic carbocycles. The molecule has 17 heavy (non-hydrogen) atoms. The summed E-state index contributed by atoms with van der Waals surface area (Å²) < 4.78 is 12.8. The van der Waals surface area contributed by atoms with E-state index in [1.54, 1.807) is 6.92 Å². The lowest BCUT2D eigenvalue weighted by Gasteiger charge is -2.11. The Bertz CT molecular complexity index is 421. The van der Waals surface area contributed by atoms with E-state index >= 15 is 0 Å². The number of nitrogens with one attached hydrogen (secondary N) is 2. The first kappa shape index (κ1) is 13.2. The van der Waals surface area contributed by atoms with Gasteiger partial charge in [-0.15, -0.1) is 0 Å². The van der Waals surface area contributed by atoms with Gasteiger partial charge >= 0.3 is 11.8 Å². The maximum atomic E-state index is 12.8. The third-order valence-corrected chi connectivity index (χ3v) is 2.28. The maximum Gasteiger partial charge on any atom is 0.313 e. The molecule has 5 heteroatoms. The summed E-state index contributed by atoms with van der Waals surface area (Å²) in [4.78, 5) is 22.8. The highest BCUT2D eigenvalue weighted by Crippen LogP contribution is 2.08. The van der Waals surface area contributed by atoms with Crippen molar-refractivity contribution in [3.05, 3.63) is 30.1 Å². The number of hydrogen-bond donors (Lipinski definition) is 2. The first-order chi connectivity index (χ1) is 8.02. The Hall–Kier alpha value is -1.91. The van der Waals surface area contributed by atoms with Crippen LogP contribution in [-0.4, -0.2) is 17.9 Å². The summed E-state index contributed by atoms with van der Waals surface area (Å²) in [5.41, 5.74) is 0.259. The van der Waals surface area contributed by atoms with E-state index < -0.39 is 17.6 Å². The molecule has 1 rings (SSSR count). The maximum absolute atomic E-state index is 12.8. The van der Waals surface area contributed by atoms with E-state index in [2.05, 4.69) is 10.6 Å². The second-order valence-electron chi connectivity index (χ2n) is 3.75. The third kappa shape index (κ3) is 4.22. The third-order valence-electron chi connectivity index (χ3n) is 2.28. The molecule has 0 heterocycles. The number of carbonyl (C=O) groups is 2. The van der Waals surface area contributed by atoms with Crippen LogP contribution in [0.1, 0.15) is 20.3 Å². The Morgan fingerprint density at radius 3 is 2.65 bits per heavy atom. The lowest BCUT2D eigenvalue weighted by molar-refractivity contribution is -0.136. The molecule has 0 saturated carbocycles. The van der Waals surface area contributed by atoms with Crippen LogP contribution in [0, 0.1) is 5.82 Å². The molecule has 1 unspecified atom stereocenters. The molecule has 0 aliphatic rings. The number of carbonyl (C=O) groups excluding carboxylic acids is 2. The van der Waals surface area contributed by atoms with Gasteiger partial charge in [-0.05, 0) is 31.5 Å². The molecule has 1 atom stereocenters. The highest BCUT2D eigenvalue weighted by atomic mass is 19.1. The first-order valence-electron chi connectivity index (χ1n) is 5.40. The van der Waals surface area contributed by atoms with Crippen LogP contribution in [-0.2, 0) is 9.59 Å². The Morgan fingerprint density at radius 1 is 1.35 bits per heavy atom. The van der Waals surface area contributed by atoms with Crippen molar-refractivity contribution in [1.82, 2.24) is 5.32 Å². The monoisotopic (exact) mass is 238 g/mol. The first-order valence-corrected chi connectivity index (χ1v) is 5.40. The zero-order valence-electron chi connectivity index (χ0n) is 9.79. The molecule has 92 valence electrons. The summed E-state index contributed by atoms with van der Waals surface area (Å²) in [5, 5.41) is 4.84. The van der Waals surface area contributed by atoms with Crippen LogP contribution in [0.4, 0.5) is 10.1 Å². The summed E-state index contributed by atoms with van der Waals surface area (Å²) >= 11 is 0. The molecule has 0 aromatic heterocycles. The van der Waals surface area contributed by atoms with Gasteiger partial charge in [0.1, 0.15) is 5.82 Å². The molecule has 0 bridgehead atoms. The largest absolute Gasteiger partial charge is 0.345 e. The molecule has 1 aromatic carbocycles. The number of rotatable bonds is 3. The van der Waals surface area contributed by atoms with Gasteiger partial charge in [0.25, 0.3) is 0 Å². The van der Waals surface area contributed by atoms with Crippen molar-refractivity contribution in [1.29, 1.82) is 0 Å². The molecule has 0 radical (unpaired) electrons. The average molecular weight is 238 g/mol. The number of amides is 2. The van der Waals surface area contributed by atoms with Gasteiger partial charge in [0.2, 0.25) is 0 Å². The van der Waals surface area contributed by atoms with Gasteiger partial charge in [0.15, 0.2) is 0 Å². The SMILES string of the molecule is CCC(C)NC(=O)C(=O)Nc1cccc(F)c1. The van der Waals surface area contributed by atoms with E-state index in [1.807, 2.05) is 6.92 Å². The van der Waals surface area contributed by atoms with Crippen molar-refractivity contribution in [2.75, 3.05) is 5.32 Å². The van der Waals surface area contributed by atoms with Crippen molar-refractivity contribution < 1.29 is 14.0 Å². The van der Waals surface area contributed by atoms with E-state index in [9.17, 15) is 14.0 Å². The quantitative estimate of drug-likeness (QED) is 0.787. The predicted octanol–water partition coefficient (Wildman–Crippen LogP) is 1.68. The van der Waals surface area contributed by atoms with Crippen molar-refractivity contribution in [2.24, 2.45) is 0 Å². The van der Waals surface area contributed by atoms with E-state index in [1.165, 1.54) is 18.2 Å². The van der Waals surface area contributed by atoms with Gasteiger partial charge in [0, 0.05) is 11.7 Å². The summed E-state index contributed by atoms with van der Waals surface area (Å²) in [6.45, 7) is 3.70. The van der Waals surface area contributed by atoms with E-state index in [4.69, 9.17) is 0 Å². The fourth-order valence-corrected chi connectivity index (χ4v) is 1.15. The molecule has 4 nitrogen and oxygen atoms in total. The minimum atomic E-state index is -0.795. The number of benzene rings is 1. The van der Waals surface area contributed by atoms with E-state index in [0.29, 0.717) is 0 Å².